The maximum absolute atomic E-state index is 5.96. The Morgan fingerprint density at radius 3 is 2.93 bits per heavy atom. The number of aromatic nitrogens is 3. The fourth-order valence-corrected chi connectivity index (χ4v) is 1.50. The first-order valence-corrected chi connectivity index (χ1v) is 4.41. The number of rotatable bonds is 2. The van der Waals surface area contributed by atoms with Gasteiger partial charge in [0, 0.05) is 12.6 Å². The Kier molecular flexibility index (Phi) is 2.26. The van der Waals surface area contributed by atoms with Crippen molar-refractivity contribution in [3.05, 3.63) is 35.0 Å². The molecule has 0 radical (unpaired) electrons. The molecule has 2 heterocycles. The molecule has 0 amide bonds. The minimum absolute atomic E-state index is 0.304. The van der Waals surface area contributed by atoms with Crippen molar-refractivity contribution in [2.24, 2.45) is 12.8 Å². The monoisotopic (exact) mass is 212 g/mol. The molecule has 6 heteroatoms. The normalized spacial score (nSPS) is 13.1. The van der Waals surface area contributed by atoms with Crippen LogP contribution in [0.5, 0.6) is 0 Å². The Bertz CT molecular complexity index is 396. The van der Waals surface area contributed by atoms with Crippen LogP contribution in [0.2, 0.25) is 5.22 Å². The molecule has 74 valence electrons. The molecule has 14 heavy (non-hydrogen) atoms. The van der Waals surface area contributed by atoms with E-state index in [4.69, 9.17) is 21.8 Å². The molecule has 0 aromatic carbocycles. The fraction of sp³-hybridized carbons (Fsp3) is 0.250. The zero-order valence-corrected chi connectivity index (χ0v) is 8.27. The third kappa shape index (κ3) is 1.40. The summed E-state index contributed by atoms with van der Waals surface area (Å²) >= 11 is 5.81. The van der Waals surface area contributed by atoms with Crippen LogP contribution in [0.1, 0.15) is 17.3 Å². The fourth-order valence-electron chi connectivity index (χ4n) is 1.27. The van der Waals surface area contributed by atoms with Gasteiger partial charge in [0.2, 0.25) is 0 Å². The van der Waals surface area contributed by atoms with Gasteiger partial charge in [-0.3, -0.25) is 4.68 Å². The molecule has 0 fully saturated rings. The smallest absolute Gasteiger partial charge is 0.198 e. The maximum atomic E-state index is 5.96. The van der Waals surface area contributed by atoms with Crippen molar-refractivity contribution in [1.29, 1.82) is 0 Å². The lowest BCUT2D eigenvalue weighted by Crippen LogP contribution is -2.15. The zero-order valence-electron chi connectivity index (χ0n) is 7.51. The predicted molar refractivity (Wildman–Crippen MR) is 50.8 cm³/mol. The van der Waals surface area contributed by atoms with Crippen LogP contribution < -0.4 is 5.73 Å². The van der Waals surface area contributed by atoms with Crippen molar-refractivity contribution in [2.75, 3.05) is 0 Å². The highest BCUT2D eigenvalue weighted by molar-refractivity contribution is 6.29. The highest BCUT2D eigenvalue weighted by Crippen LogP contribution is 2.26. The minimum Gasteiger partial charge on any atom is -0.453 e. The SMILES string of the molecule is Cn1nncc1C(N)c1ccoc1Cl. The predicted octanol–water partition coefficient (Wildman–Crippen LogP) is 1.11. The first-order chi connectivity index (χ1) is 6.70. The molecule has 5 nitrogen and oxygen atoms in total. The molecule has 0 bridgehead atoms. The summed E-state index contributed by atoms with van der Waals surface area (Å²) in [7, 11) is 1.77. The average Bonchev–Trinajstić information content (AvgIpc) is 2.73. The van der Waals surface area contributed by atoms with Crippen molar-refractivity contribution in [2.45, 2.75) is 6.04 Å². The molecule has 1 atom stereocenters. The highest BCUT2D eigenvalue weighted by Gasteiger charge is 2.17. The first kappa shape index (κ1) is 9.23. The summed E-state index contributed by atoms with van der Waals surface area (Å²) in [6.45, 7) is 0. The summed E-state index contributed by atoms with van der Waals surface area (Å²) in [4.78, 5) is 0. The molecular formula is C8H9ClN4O. The molecule has 2 aromatic heterocycles. The van der Waals surface area contributed by atoms with Gasteiger partial charge >= 0.3 is 0 Å². The van der Waals surface area contributed by atoms with Gasteiger partial charge in [0.25, 0.3) is 0 Å². The van der Waals surface area contributed by atoms with Crippen molar-refractivity contribution in [3.63, 3.8) is 0 Å². The number of hydrogen-bond acceptors (Lipinski definition) is 4. The minimum atomic E-state index is -0.360. The van der Waals surface area contributed by atoms with E-state index in [0.29, 0.717) is 5.22 Å². The molecule has 2 aromatic rings. The summed E-state index contributed by atoms with van der Waals surface area (Å²) in [5.74, 6) is 0. The van der Waals surface area contributed by atoms with Gasteiger partial charge in [-0.2, -0.15) is 0 Å². The van der Waals surface area contributed by atoms with Crippen LogP contribution in [-0.4, -0.2) is 15.0 Å². The Morgan fingerprint density at radius 2 is 2.43 bits per heavy atom. The van der Waals surface area contributed by atoms with Gasteiger partial charge in [0.05, 0.1) is 24.2 Å². The quantitative estimate of drug-likeness (QED) is 0.810. The van der Waals surface area contributed by atoms with E-state index in [9.17, 15) is 0 Å². The van der Waals surface area contributed by atoms with Gasteiger partial charge in [-0.1, -0.05) is 5.21 Å². The van der Waals surface area contributed by atoms with Crippen molar-refractivity contribution in [1.82, 2.24) is 15.0 Å². The Morgan fingerprint density at radius 1 is 1.64 bits per heavy atom. The molecule has 0 aliphatic carbocycles. The van der Waals surface area contributed by atoms with Gasteiger partial charge < -0.3 is 10.2 Å². The summed E-state index contributed by atoms with van der Waals surface area (Å²) in [6, 6.07) is 1.38. The summed E-state index contributed by atoms with van der Waals surface area (Å²) in [5.41, 5.74) is 7.48. The van der Waals surface area contributed by atoms with Gasteiger partial charge in [0.1, 0.15) is 0 Å². The average molecular weight is 213 g/mol. The number of nitrogens with two attached hydrogens (primary N) is 1. The number of nitrogens with zero attached hydrogens (tertiary/aromatic N) is 3. The molecule has 2 rings (SSSR count). The Balaban J connectivity index is 2.38. The van der Waals surface area contributed by atoms with Crippen molar-refractivity contribution < 1.29 is 4.42 Å². The second kappa shape index (κ2) is 3.43. The molecular weight excluding hydrogens is 204 g/mol. The number of furan rings is 1. The Labute approximate surface area is 85.5 Å². The largest absolute Gasteiger partial charge is 0.453 e. The maximum Gasteiger partial charge on any atom is 0.198 e. The zero-order chi connectivity index (χ0) is 10.1. The molecule has 2 N–H and O–H groups in total. The van der Waals surface area contributed by atoms with E-state index in [0.717, 1.165) is 11.3 Å². The first-order valence-electron chi connectivity index (χ1n) is 4.03. The lowest BCUT2D eigenvalue weighted by Gasteiger charge is -2.08. The third-order valence-corrected chi connectivity index (χ3v) is 2.36. The van der Waals surface area contributed by atoms with Gasteiger partial charge in [-0.25, -0.2) is 0 Å². The summed E-state index contributed by atoms with van der Waals surface area (Å²) in [5, 5.41) is 7.84. The molecule has 0 saturated heterocycles. The van der Waals surface area contributed by atoms with Crippen molar-refractivity contribution in [3.8, 4) is 0 Å². The van der Waals surface area contributed by atoms with Crippen LogP contribution in [-0.2, 0) is 7.05 Å². The molecule has 0 spiro atoms. The number of halogens is 1. The molecule has 0 aliphatic rings. The van der Waals surface area contributed by atoms with Crippen LogP contribution in [0.25, 0.3) is 0 Å². The molecule has 1 unspecified atom stereocenters. The topological polar surface area (TPSA) is 69.9 Å². The van der Waals surface area contributed by atoms with E-state index in [-0.39, 0.29) is 6.04 Å². The van der Waals surface area contributed by atoms with E-state index in [1.807, 2.05) is 0 Å². The lowest BCUT2D eigenvalue weighted by atomic mass is 10.1. The molecule has 0 saturated carbocycles. The second-order valence-electron chi connectivity index (χ2n) is 2.91. The van der Waals surface area contributed by atoms with E-state index in [1.54, 1.807) is 24.0 Å². The van der Waals surface area contributed by atoms with E-state index in [1.165, 1.54) is 6.26 Å². The Hall–Kier alpha value is -1.33. The number of aryl methyl sites for hydroxylation is 1. The van der Waals surface area contributed by atoms with Crippen LogP contribution in [0.4, 0.5) is 0 Å². The second-order valence-corrected chi connectivity index (χ2v) is 3.25. The molecule has 0 aliphatic heterocycles. The summed E-state index contributed by atoms with van der Waals surface area (Å²) in [6.07, 6.45) is 3.11. The van der Waals surface area contributed by atoms with Crippen molar-refractivity contribution >= 4 is 11.6 Å². The van der Waals surface area contributed by atoms with Crippen LogP contribution in [0.15, 0.2) is 22.9 Å². The van der Waals surface area contributed by atoms with Gasteiger partial charge in [-0.15, -0.1) is 5.10 Å². The van der Waals surface area contributed by atoms with Gasteiger partial charge in [-0.05, 0) is 17.7 Å². The van der Waals surface area contributed by atoms with E-state index < -0.39 is 0 Å². The standard InChI is InChI=1S/C8H9ClN4O/c1-13-6(4-11-12-13)7(10)5-2-3-14-8(5)9/h2-4,7H,10H2,1H3. The van der Waals surface area contributed by atoms with Crippen LogP contribution >= 0.6 is 11.6 Å². The van der Waals surface area contributed by atoms with E-state index >= 15 is 0 Å². The third-order valence-electron chi connectivity index (χ3n) is 2.05. The van der Waals surface area contributed by atoms with E-state index in [2.05, 4.69) is 10.3 Å². The van der Waals surface area contributed by atoms with Gasteiger partial charge in [0.15, 0.2) is 5.22 Å². The van der Waals surface area contributed by atoms with Crippen LogP contribution in [0.3, 0.4) is 0 Å². The summed E-state index contributed by atoms with van der Waals surface area (Å²) < 4.78 is 6.56. The van der Waals surface area contributed by atoms with Crippen LogP contribution in [0, 0.1) is 0 Å². The lowest BCUT2D eigenvalue weighted by molar-refractivity contribution is 0.562. The number of hydrogen-bond donors (Lipinski definition) is 1. The highest BCUT2D eigenvalue weighted by atomic mass is 35.5.